The lowest BCUT2D eigenvalue weighted by Crippen LogP contribution is -2.20. The summed E-state index contributed by atoms with van der Waals surface area (Å²) in [6.07, 6.45) is 1.67. The average molecular weight is 448 g/mol. The van der Waals surface area contributed by atoms with Crippen molar-refractivity contribution in [2.45, 2.75) is 6.92 Å². The Labute approximate surface area is 189 Å². The Kier molecular flexibility index (Phi) is 7.21. The number of nitriles is 1. The molecule has 0 saturated carbocycles. The Hall–Kier alpha value is -4.15. The molecule has 0 aliphatic heterocycles. The van der Waals surface area contributed by atoms with Crippen molar-refractivity contribution in [2.24, 2.45) is 0 Å². The molecular formula is C24H18ClN3O4. The van der Waals surface area contributed by atoms with Crippen LogP contribution in [-0.2, 0) is 4.79 Å². The van der Waals surface area contributed by atoms with Crippen LogP contribution >= 0.6 is 11.6 Å². The van der Waals surface area contributed by atoms with Crippen molar-refractivity contribution >= 4 is 40.5 Å². The molecule has 0 aliphatic carbocycles. The van der Waals surface area contributed by atoms with Crippen molar-refractivity contribution in [1.82, 2.24) is 0 Å². The summed E-state index contributed by atoms with van der Waals surface area (Å²) in [6, 6.07) is 20.0. The van der Waals surface area contributed by atoms with Gasteiger partial charge < -0.3 is 10.1 Å². The first kappa shape index (κ1) is 22.5. The first-order valence-electron chi connectivity index (χ1n) is 9.51. The van der Waals surface area contributed by atoms with Crippen LogP contribution in [0.2, 0.25) is 5.02 Å². The maximum atomic E-state index is 12.1. The highest BCUT2D eigenvalue weighted by atomic mass is 35.5. The molecule has 3 aromatic rings. The third-order valence-electron chi connectivity index (χ3n) is 4.53. The van der Waals surface area contributed by atoms with Crippen molar-refractivity contribution in [3.05, 3.63) is 98.6 Å². The van der Waals surface area contributed by atoms with Crippen LogP contribution in [0.25, 0.3) is 11.6 Å². The van der Waals surface area contributed by atoms with Gasteiger partial charge in [0.2, 0.25) is 0 Å². The summed E-state index contributed by atoms with van der Waals surface area (Å²) in [5.74, 6) is 0.173. The van der Waals surface area contributed by atoms with Crippen molar-refractivity contribution in [3.8, 4) is 11.8 Å². The summed E-state index contributed by atoms with van der Waals surface area (Å²) in [5, 5.41) is 23.5. The molecule has 0 fully saturated rings. The summed E-state index contributed by atoms with van der Waals surface area (Å²) in [7, 11) is 0. The Balaban J connectivity index is 1.61. The minimum Gasteiger partial charge on any atom is -0.484 e. The predicted molar refractivity (Wildman–Crippen MR) is 123 cm³/mol. The number of nitrogens with zero attached hydrogens (tertiary/aromatic N) is 2. The van der Waals surface area contributed by atoms with E-state index in [-0.39, 0.29) is 18.2 Å². The van der Waals surface area contributed by atoms with Crippen LogP contribution in [0.15, 0.2) is 66.7 Å². The predicted octanol–water partition coefficient (Wildman–Crippen LogP) is 5.64. The minimum atomic E-state index is -0.492. The molecule has 0 radical (unpaired) electrons. The van der Waals surface area contributed by atoms with E-state index in [0.717, 1.165) is 11.1 Å². The lowest BCUT2D eigenvalue weighted by molar-refractivity contribution is -0.384. The molecule has 0 bridgehead atoms. The number of anilines is 1. The molecule has 0 aromatic heterocycles. The molecule has 32 heavy (non-hydrogen) atoms. The normalized spacial score (nSPS) is 10.8. The highest BCUT2D eigenvalue weighted by Crippen LogP contribution is 2.22. The van der Waals surface area contributed by atoms with Gasteiger partial charge >= 0.3 is 0 Å². The number of allylic oxidation sites excluding steroid dienone is 1. The topological polar surface area (TPSA) is 105 Å². The fraction of sp³-hybridized carbons (Fsp3) is 0.0833. The number of carbonyl (C=O) groups is 1. The summed E-state index contributed by atoms with van der Waals surface area (Å²) in [5.41, 5.74) is 3.15. The van der Waals surface area contributed by atoms with Crippen LogP contribution in [0.1, 0.15) is 16.7 Å². The zero-order chi connectivity index (χ0) is 23.1. The van der Waals surface area contributed by atoms with Gasteiger partial charge in [-0.2, -0.15) is 5.26 Å². The number of nitro benzene ring substituents is 1. The van der Waals surface area contributed by atoms with E-state index in [2.05, 4.69) is 11.4 Å². The van der Waals surface area contributed by atoms with E-state index in [1.807, 2.05) is 13.0 Å². The summed E-state index contributed by atoms with van der Waals surface area (Å²) in [4.78, 5) is 22.4. The Morgan fingerprint density at radius 1 is 1.16 bits per heavy atom. The first-order valence-corrected chi connectivity index (χ1v) is 9.89. The van der Waals surface area contributed by atoms with Crippen LogP contribution < -0.4 is 10.1 Å². The summed E-state index contributed by atoms with van der Waals surface area (Å²) in [6.45, 7) is 1.70. The Morgan fingerprint density at radius 3 is 2.44 bits per heavy atom. The third kappa shape index (κ3) is 5.94. The molecule has 0 atom stereocenters. The maximum absolute atomic E-state index is 12.1. The molecule has 3 aromatic carbocycles. The van der Waals surface area contributed by atoms with E-state index in [1.54, 1.807) is 42.5 Å². The second-order valence-corrected chi connectivity index (χ2v) is 7.25. The lowest BCUT2D eigenvalue weighted by atomic mass is 10.0. The molecule has 1 N–H and O–H groups in total. The largest absolute Gasteiger partial charge is 0.484 e. The zero-order valence-corrected chi connectivity index (χ0v) is 17.8. The van der Waals surface area contributed by atoms with Gasteiger partial charge in [0.15, 0.2) is 6.61 Å². The van der Waals surface area contributed by atoms with Gasteiger partial charge in [-0.15, -0.1) is 0 Å². The van der Waals surface area contributed by atoms with Gasteiger partial charge in [0.25, 0.3) is 11.6 Å². The van der Waals surface area contributed by atoms with Crippen LogP contribution in [0.3, 0.4) is 0 Å². The highest BCUT2D eigenvalue weighted by Gasteiger charge is 2.08. The van der Waals surface area contributed by atoms with Gasteiger partial charge in [-0.05, 0) is 66.1 Å². The zero-order valence-electron chi connectivity index (χ0n) is 17.0. The lowest BCUT2D eigenvalue weighted by Gasteiger charge is -2.09. The highest BCUT2D eigenvalue weighted by molar-refractivity contribution is 6.31. The quantitative estimate of drug-likeness (QED) is 0.218. The monoisotopic (exact) mass is 447 g/mol. The molecule has 0 unspecified atom stereocenters. The van der Waals surface area contributed by atoms with Gasteiger partial charge in [-0.1, -0.05) is 29.8 Å². The summed E-state index contributed by atoms with van der Waals surface area (Å²) < 4.78 is 5.51. The second-order valence-electron chi connectivity index (χ2n) is 6.84. The van der Waals surface area contributed by atoms with E-state index >= 15 is 0 Å². The van der Waals surface area contributed by atoms with Crippen LogP contribution in [0.5, 0.6) is 5.75 Å². The molecule has 7 nitrogen and oxygen atoms in total. The minimum absolute atomic E-state index is 0.0398. The smallest absolute Gasteiger partial charge is 0.269 e. The molecule has 3 rings (SSSR count). The number of rotatable bonds is 7. The number of non-ortho nitro benzene ring substituents is 1. The van der Waals surface area contributed by atoms with E-state index in [1.165, 1.54) is 24.3 Å². The fourth-order valence-corrected chi connectivity index (χ4v) is 2.97. The van der Waals surface area contributed by atoms with Gasteiger partial charge in [-0.3, -0.25) is 14.9 Å². The van der Waals surface area contributed by atoms with Crippen molar-refractivity contribution < 1.29 is 14.5 Å². The Bertz CT molecular complexity index is 1210. The van der Waals surface area contributed by atoms with Crippen LogP contribution in [0, 0.1) is 28.4 Å². The van der Waals surface area contributed by atoms with Gasteiger partial charge in [0, 0.05) is 22.8 Å². The van der Waals surface area contributed by atoms with Gasteiger partial charge in [-0.25, -0.2) is 0 Å². The third-order valence-corrected chi connectivity index (χ3v) is 4.93. The molecule has 0 saturated heterocycles. The fourth-order valence-electron chi connectivity index (χ4n) is 2.79. The number of nitro groups is 1. The van der Waals surface area contributed by atoms with Crippen LogP contribution in [0.4, 0.5) is 11.4 Å². The first-order chi connectivity index (χ1) is 15.4. The van der Waals surface area contributed by atoms with Gasteiger partial charge in [0.05, 0.1) is 16.6 Å². The molecule has 160 valence electrons. The second kappa shape index (κ2) is 10.2. The number of amides is 1. The van der Waals surface area contributed by atoms with Crippen molar-refractivity contribution in [2.75, 3.05) is 11.9 Å². The number of aryl methyl sites for hydroxylation is 1. The number of halogens is 1. The number of carbonyl (C=O) groups excluding carboxylic acids is 1. The molecule has 0 spiro atoms. The number of nitrogens with one attached hydrogen (secondary N) is 1. The number of hydrogen-bond acceptors (Lipinski definition) is 5. The molecular weight excluding hydrogens is 430 g/mol. The maximum Gasteiger partial charge on any atom is 0.269 e. The standard InChI is InChI=1S/C24H18ClN3O4/c1-16-2-7-20(13-23(16)25)27-24(29)15-32-22-10-3-17(4-11-22)12-19(14-26)18-5-8-21(9-6-18)28(30)31/h2-13H,15H2,1H3,(H,27,29)/b19-12+. The van der Waals surface area contributed by atoms with Crippen molar-refractivity contribution in [3.63, 3.8) is 0 Å². The molecule has 1 amide bonds. The molecule has 0 aliphatic rings. The van der Waals surface area contributed by atoms with E-state index in [9.17, 15) is 20.2 Å². The summed E-state index contributed by atoms with van der Waals surface area (Å²) >= 11 is 6.06. The Morgan fingerprint density at radius 2 is 1.84 bits per heavy atom. The SMILES string of the molecule is Cc1ccc(NC(=O)COc2ccc(/C=C(\C#N)c3ccc([N+](=O)[O-])cc3)cc2)cc1Cl. The number of ether oxygens (including phenoxy) is 1. The van der Waals surface area contributed by atoms with E-state index in [0.29, 0.717) is 27.6 Å². The van der Waals surface area contributed by atoms with Crippen molar-refractivity contribution in [1.29, 1.82) is 5.26 Å². The number of benzene rings is 3. The average Bonchev–Trinajstić information content (AvgIpc) is 2.79. The molecule has 0 heterocycles. The van der Waals surface area contributed by atoms with Gasteiger partial charge in [0.1, 0.15) is 5.75 Å². The van der Waals surface area contributed by atoms with E-state index in [4.69, 9.17) is 16.3 Å². The van der Waals surface area contributed by atoms with E-state index < -0.39 is 4.92 Å². The van der Waals surface area contributed by atoms with Crippen LogP contribution in [-0.4, -0.2) is 17.4 Å². The molecule has 8 heteroatoms. The number of hydrogen-bond donors (Lipinski definition) is 1.